The Hall–Kier alpha value is -1.90. The number of carbonyl (C=O) groups is 1. The quantitative estimate of drug-likeness (QED) is 0.872. The molecule has 106 valence electrons. The molecule has 1 aliphatic heterocycles. The van der Waals surface area contributed by atoms with Crippen LogP contribution in [0.15, 0.2) is 23.6 Å². The van der Waals surface area contributed by atoms with Crippen LogP contribution in [0.3, 0.4) is 0 Å². The second kappa shape index (κ2) is 5.47. The van der Waals surface area contributed by atoms with Crippen molar-refractivity contribution in [2.24, 2.45) is 0 Å². The van der Waals surface area contributed by atoms with Gasteiger partial charge in [0.1, 0.15) is 6.04 Å². The number of aryl methyl sites for hydroxylation is 1. The Labute approximate surface area is 131 Å². The second-order valence-electron chi connectivity index (χ2n) is 4.87. The molecule has 0 bridgehead atoms. The van der Waals surface area contributed by atoms with Gasteiger partial charge in [-0.25, -0.2) is 4.98 Å². The Bertz CT molecular complexity index is 750. The van der Waals surface area contributed by atoms with Crippen molar-refractivity contribution in [2.75, 3.05) is 6.54 Å². The summed E-state index contributed by atoms with van der Waals surface area (Å²) < 4.78 is 0. The molecule has 0 saturated carbocycles. The Morgan fingerprint density at radius 2 is 2.33 bits per heavy atom. The van der Waals surface area contributed by atoms with E-state index in [1.165, 1.54) is 0 Å². The highest BCUT2D eigenvalue weighted by atomic mass is 35.5. The molecule has 0 radical (unpaired) electrons. The molecule has 1 amide bonds. The third kappa shape index (κ3) is 2.41. The summed E-state index contributed by atoms with van der Waals surface area (Å²) in [5, 5.41) is 12.8. The number of hydrogen-bond acceptors (Lipinski definition) is 4. The van der Waals surface area contributed by atoms with Crippen LogP contribution in [0, 0.1) is 18.3 Å². The van der Waals surface area contributed by atoms with Gasteiger partial charge in [-0.1, -0.05) is 23.7 Å². The number of carbonyl (C=O) groups excluding carboxylic acids is 1. The Morgan fingerprint density at radius 3 is 3.00 bits per heavy atom. The lowest BCUT2D eigenvalue weighted by molar-refractivity contribution is 0.0760. The van der Waals surface area contributed by atoms with Gasteiger partial charge in [0.05, 0.1) is 21.7 Å². The van der Waals surface area contributed by atoms with Crippen molar-refractivity contribution in [1.82, 2.24) is 9.88 Å². The first kappa shape index (κ1) is 14.1. The Kier molecular flexibility index (Phi) is 3.66. The van der Waals surface area contributed by atoms with Gasteiger partial charge >= 0.3 is 0 Å². The van der Waals surface area contributed by atoms with E-state index < -0.39 is 6.04 Å². The van der Waals surface area contributed by atoms with Gasteiger partial charge in [0.25, 0.3) is 5.91 Å². The van der Waals surface area contributed by atoms with Crippen molar-refractivity contribution in [3.05, 3.63) is 50.4 Å². The number of fused-ring (bicyclic) bond motifs is 1. The molecule has 1 aromatic heterocycles. The molecule has 2 aromatic rings. The molecular weight excluding hydrogens is 306 g/mol. The van der Waals surface area contributed by atoms with Crippen LogP contribution in [-0.2, 0) is 6.42 Å². The maximum Gasteiger partial charge on any atom is 0.257 e. The fourth-order valence-electron chi connectivity index (χ4n) is 2.53. The molecule has 1 aliphatic rings. The van der Waals surface area contributed by atoms with Crippen LogP contribution in [0.25, 0.3) is 0 Å². The van der Waals surface area contributed by atoms with Gasteiger partial charge in [0.15, 0.2) is 0 Å². The third-order valence-electron chi connectivity index (χ3n) is 3.48. The number of aromatic nitrogens is 1. The molecule has 6 heteroatoms. The molecule has 1 unspecified atom stereocenters. The first-order valence-corrected chi connectivity index (χ1v) is 7.77. The van der Waals surface area contributed by atoms with E-state index in [0.29, 0.717) is 29.1 Å². The minimum Gasteiger partial charge on any atom is -0.318 e. The van der Waals surface area contributed by atoms with E-state index in [0.717, 1.165) is 10.7 Å². The smallest absolute Gasteiger partial charge is 0.257 e. The number of halogens is 1. The van der Waals surface area contributed by atoms with Gasteiger partial charge in [-0.2, -0.15) is 5.26 Å². The number of nitriles is 1. The van der Waals surface area contributed by atoms with Gasteiger partial charge in [0.2, 0.25) is 0 Å². The molecule has 0 N–H and O–H groups in total. The Balaban J connectivity index is 1.85. The van der Waals surface area contributed by atoms with Gasteiger partial charge in [-0.3, -0.25) is 4.79 Å². The van der Waals surface area contributed by atoms with E-state index in [9.17, 15) is 10.1 Å². The second-order valence-corrected chi connectivity index (χ2v) is 6.22. The van der Waals surface area contributed by atoms with Crippen LogP contribution in [0.2, 0.25) is 5.02 Å². The molecule has 21 heavy (non-hydrogen) atoms. The van der Waals surface area contributed by atoms with Crippen molar-refractivity contribution >= 4 is 28.8 Å². The average Bonchev–Trinajstić information content (AvgIpc) is 2.99. The summed E-state index contributed by atoms with van der Waals surface area (Å²) in [5.74, 6) is -0.171. The van der Waals surface area contributed by atoms with E-state index >= 15 is 0 Å². The van der Waals surface area contributed by atoms with Crippen molar-refractivity contribution in [3.63, 3.8) is 0 Å². The first-order chi connectivity index (χ1) is 10.1. The van der Waals surface area contributed by atoms with Crippen molar-refractivity contribution in [3.8, 4) is 6.07 Å². The average molecular weight is 318 g/mol. The molecule has 4 nitrogen and oxygen atoms in total. The van der Waals surface area contributed by atoms with Crippen LogP contribution in [-0.4, -0.2) is 22.3 Å². The number of nitrogens with zero attached hydrogens (tertiary/aromatic N) is 3. The lowest BCUT2D eigenvalue weighted by Gasteiger charge is -2.19. The number of thiazole rings is 1. The summed E-state index contributed by atoms with van der Waals surface area (Å²) in [7, 11) is 0. The van der Waals surface area contributed by atoms with Crippen LogP contribution < -0.4 is 0 Å². The highest BCUT2D eigenvalue weighted by Gasteiger charge is 2.38. The lowest BCUT2D eigenvalue weighted by Crippen LogP contribution is -2.29. The largest absolute Gasteiger partial charge is 0.318 e. The summed E-state index contributed by atoms with van der Waals surface area (Å²) in [5.41, 5.74) is 2.14. The molecular formula is C15H12ClN3OS. The van der Waals surface area contributed by atoms with E-state index in [1.807, 2.05) is 12.3 Å². The van der Waals surface area contributed by atoms with Crippen LogP contribution in [0.1, 0.15) is 32.7 Å². The predicted octanol–water partition coefficient (Wildman–Crippen LogP) is 3.37. The van der Waals surface area contributed by atoms with Gasteiger partial charge < -0.3 is 4.90 Å². The summed E-state index contributed by atoms with van der Waals surface area (Å²) in [4.78, 5) is 18.4. The highest BCUT2D eigenvalue weighted by molar-refractivity contribution is 7.09. The fraction of sp³-hybridized carbons (Fsp3) is 0.267. The number of amides is 1. The zero-order valence-corrected chi connectivity index (χ0v) is 12.9. The molecule has 0 saturated heterocycles. The van der Waals surface area contributed by atoms with Crippen LogP contribution in [0.5, 0.6) is 0 Å². The van der Waals surface area contributed by atoms with E-state index in [-0.39, 0.29) is 5.91 Å². The zero-order chi connectivity index (χ0) is 15.0. The van der Waals surface area contributed by atoms with Crippen molar-refractivity contribution < 1.29 is 4.79 Å². The topological polar surface area (TPSA) is 57.0 Å². The third-order valence-corrected chi connectivity index (χ3v) is 4.82. The number of rotatable bonds is 3. The molecule has 0 fully saturated rings. The SMILES string of the molecule is Cc1csc(CCN2C(=O)c3c(Cl)cccc3C2C#N)n1. The summed E-state index contributed by atoms with van der Waals surface area (Å²) in [6.45, 7) is 2.41. The summed E-state index contributed by atoms with van der Waals surface area (Å²) in [6.07, 6.45) is 0.647. The van der Waals surface area contributed by atoms with E-state index in [1.54, 1.807) is 34.4 Å². The van der Waals surface area contributed by atoms with Crippen LogP contribution in [0.4, 0.5) is 0 Å². The predicted molar refractivity (Wildman–Crippen MR) is 81.4 cm³/mol. The zero-order valence-electron chi connectivity index (χ0n) is 11.3. The maximum atomic E-state index is 12.5. The molecule has 2 heterocycles. The van der Waals surface area contributed by atoms with Gasteiger partial charge in [0, 0.05) is 29.6 Å². The molecule has 0 aliphatic carbocycles. The molecule has 0 spiro atoms. The minimum atomic E-state index is -0.563. The van der Waals surface area contributed by atoms with Crippen molar-refractivity contribution in [2.45, 2.75) is 19.4 Å². The maximum absolute atomic E-state index is 12.5. The summed E-state index contributed by atoms with van der Waals surface area (Å²) >= 11 is 7.68. The highest BCUT2D eigenvalue weighted by Crippen LogP contribution is 2.37. The lowest BCUT2D eigenvalue weighted by atomic mass is 10.1. The fourth-order valence-corrected chi connectivity index (χ4v) is 3.55. The summed E-state index contributed by atoms with van der Waals surface area (Å²) in [6, 6.07) is 6.88. The Morgan fingerprint density at radius 1 is 1.52 bits per heavy atom. The molecule has 3 rings (SSSR count). The van der Waals surface area contributed by atoms with Gasteiger partial charge in [-0.05, 0) is 13.0 Å². The van der Waals surface area contributed by atoms with E-state index in [2.05, 4.69) is 11.1 Å². The number of benzene rings is 1. The van der Waals surface area contributed by atoms with Crippen molar-refractivity contribution in [1.29, 1.82) is 5.26 Å². The molecule has 1 aromatic carbocycles. The standard InChI is InChI=1S/C15H12ClN3OS/c1-9-8-21-13(18-9)5-6-19-12(7-17)10-3-2-4-11(16)14(10)15(19)20/h2-4,8,12H,5-6H2,1H3. The number of hydrogen-bond donors (Lipinski definition) is 0. The van der Waals surface area contributed by atoms with E-state index in [4.69, 9.17) is 11.6 Å². The monoisotopic (exact) mass is 317 g/mol. The first-order valence-electron chi connectivity index (χ1n) is 6.52. The minimum absolute atomic E-state index is 0.171. The molecule has 1 atom stereocenters. The van der Waals surface area contributed by atoms with Crippen LogP contribution >= 0.6 is 22.9 Å². The van der Waals surface area contributed by atoms with Gasteiger partial charge in [-0.15, -0.1) is 11.3 Å². The normalized spacial score (nSPS) is 16.9.